The second-order valence-electron chi connectivity index (χ2n) is 0. The first-order valence-corrected chi connectivity index (χ1v) is 0. The minimum atomic E-state index is 0. The molecule has 4 heavy (non-hydrogen) atoms. The molecule has 0 N–H and O–H groups in total. The molecule has 20 valence electrons. The molecule has 0 heterocycles. The van der Waals surface area contributed by atoms with Gasteiger partial charge in [0.15, 0.2) is 0 Å². The van der Waals surface area contributed by atoms with Crippen molar-refractivity contribution in [3.63, 3.8) is 0 Å². The van der Waals surface area contributed by atoms with E-state index in [0.717, 1.165) is 0 Å². The Labute approximate surface area is 63.2 Å². The largest absolute Gasteiger partial charge is 2.00 e. The summed E-state index contributed by atoms with van der Waals surface area (Å²) in [5.74, 6) is 0. The fourth-order valence-electron chi connectivity index (χ4n) is 0. The minimum absolute atomic E-state index is 0. The van der Waals surface area contributed by atoms with Gasteiger partial charge >= 0.3 is 36.5 Å². The molecule has 0 aromatic carbocycles. The number of hydrogen-bond acceptors (Lipinski definition) is 0. The van der Waals surface area contributed by atoms with Crippen LogP contribution in [0.25, 0.3) is 0 Å². The zero-order chi connectivity index (χ0) is 0. The van der Waals surface area contributed by atoms with Crippen LogP contribution in [0.15, 0.2) is 0 Å². The van der Waals surface area contributed by atoms with Crippen molar-refractivity contribution in [2.75, 3.05) is 0 Å². The Balaban J connectivity index is 0. The quantitative estimate of drug-likeness (QED) is 0.476. The predicted octanol–water partition coefficient (Wildman–Crippen LogP) is -0.388. The molecular formula is S2SeZn. The van der Waals surface area contributed by atoms with E-state index < -0.39 is 0 Å². The summed E-state index contributed by atoms with van der Waals surface area (Å²) in [6.07, 6.45) is 0. The molecule has 0 spiro atoms. The predicted molar refractivity (Wildman–Crippen MR) is 20.5 cm³/mol. The Bertz CT molecular complexity index is 6.00. The van der Waals surface area contributed by atoms with Crippen LogP contribution in [-0.4, -0.2) is 17.1 Å². The van der Waals surface area contributed by atoms with Crippen molar-refractivity contribution in [3.05, 3.63) is 0 Å². The van der Waals surface area contributed by atoms with Gasteiger partial charge in [-0.15, -0.1) is 0 Å². The first kappa shape index (κ1) is 40.4. The van der Waals surface area contributed by atoms with E-state index in [2.05, 4.69) is 0 Å². The van der Waals surface area contributed by atoms with Gasteiger partial charge in [0.05, 0.1) is 0 Å². The second-order valence-corrected chi connectivity index (χ2v) is 0. The van der Waals surface area contributed by atoms with Crippen molar-refractivity contribution in [2.24, 2.45) is 0 Å². The monoisotopic (exact) mass is 208 g/mol. The molecule has 0 fully saturated rings. The fourth-order valence-corrected chi connectivity index (χ4v) is 0. The summed E-state index contributed by atoms with van der Waals surface area (Å²) in [6, 6.07) is 0. The van der Waals surface area contributed by atoms with Gasteiger partial charge in [0, 0.05) is 0 Å². The third-order valence-corrected chi connectivity index (χ3v) is 0. The number of hydrogen-bond donors (Lipinski definition) is 0. The van der Waals surface area contributed by atoms with Crippen LogP contribution in [0.3, 0.4) is 0 Å². The summed E-state index contributed by atoms with van der Waals surface area (Å²) < 4.78 is 0. The fraction of sp³-hybridized carbons (Fsp3) is 0. The van der Waals surface area contributed by atoms with E-state index in [1.165, 1.54) is 0 Å². The summed E-state index contributed by atoms with van der Waals surface area (Å²) in [7, 11) is 0. The average molecular weight is 208 g/mol. The van der Waals surface area contributed by atoms with Crippen LogP contribution in [0.4, 0.5) is 0 Å². The van der Waals surface area contributed by atoms with Crippen molar-refractivity contribution in [1.82, 2.24) is 0 Å². The van der Waals surface area contributed by atoms with Crippen molar-refractivity contribution in [1.29, 1.82) is 0 Å². The molecule has 0 saturated carbocycles. The second kappa shape index (κ2) is 21.1. The van der Waals surface area contributed by atoms with E-state index >= 15 is 0 Å². The molecule has 0 amide bonds. The standard InChI is InChI=1S/2S.Se.Zn/q2*-2;2*+2. The van der Waals surface area contributed by atoms with E-state index in [-0.39, 0.29) is 63.5 Å². The molecule has 0 aliphatic carbocycles. The summed E-state index contributed by atoms with van der Waals surface area (Å²) in [4.78, 5) is 0. The van der Waals surface area contributed by atoms with E-state index in [0.29, 0.717) is 0 Å². The van der Waals surface area contributed by atoms with Crippen molar-refractivity contribution in [3.8, 4) is 0 Å². The molecule has 0 aliphatic heterocycles. The molecule has 4 heteroatoms. The summed E-state index contributed by atoms with van der Waals surface area (Å²) >= 11 is 0. The molecule has 0 atom stereocenters. The van der Waals surface area contributed by atoms with Crippen molar-refractivity contribution < 1.29 is 19.5 Å². The third-order valence-electron chi connectivity index (χ3n) is 0. The minimum Gasteiger partial charge on any atom is -2.00 e. The maximum absolute atomic E-state index is 0. The number of rotatable bonds is 0. The van der Waals surface area contributed by atoms with Gasteiger partial charge in [-0.05, 0) is 0 Å². The molecule has 0 saturated heterocycles. The molecule has 0 aliphatic rings. The molecule has 0 aromatic rings. The van der Waals surface area contributed by atoms with Crippen LogP contribution in [0, 0.1) is 0 Å². The Morgan fingerprint density at radius 1 is 0.750 bits per heavy atom. The molecule has 0 aromatic heterocycles. The third kappa shape index (κ3) is 9.14. The van der Waals surface area contributed by atoms with Gasteiger partial charge in [-0.2, -0.15) is 0 Å². The van der Waals surface area contributed by atoms with Gasteiger partial charge in [-0.1, -0.05) is 0 Å². The van der Waals surface area contributed by atoms with Crippen LogP contribution in [0.1, 0.15) is 0 Å². The van der Waals surface area contributed by atoms with Crippen LogP contribution >= 0.6 is 0 Å². The Hall–Kier alpha value is 1.84. The smallest absolute Gasteiger partial charge is 2.00 e. The van der Waals surface area contributed by atoms with E-state index in [1.54, 1.807) is 0 Å². The molecular weight excluding hydrogens is 208 g/mol. The molecule has 0 unspecified atom stereocenters. The van der Waals surface area contributed by atoms with E-state index in [4.69, 9.17) is 0 Å². The molecule has 4 radical (unpaired) electrons. The molecule has 0 nitrogen and oxygen atoms in total. The normalized spacial score (nSPS) is 0. The van der Waals surface area contributed by atoms with Crippen LogP contribution in [-0.2, 0) is 46.5 Å². The van der Waals surface area contributed by atoms with E-state index in [1.807, 2.05) is 0 Å². The topological polar surface area (TPSA) is 0 Å². The van der Waals surface area contributed by atoms with Gasteiger partial charge in [0.25, 0.3) is 0 Å². The van der Waals surface area contributed by atoms with Gasteiger partial charge in [-0.3, -0.25) is 0 Å². The van der Waals surface area contributed by atoms with Crippen LogP contribution in [0.5, 0.6) is 0 Å². The Kier molecular flexibility index (Phi) is 212. The van der Waals surface area contributed by atoms with E-state index in [9.17, 15) is 0 Å². The first-order chi connectivity index (χ1) is 0. The Morgan fingerprint density at radius 2 is 0.750 bits per heavy atom. The first-order valence-electron chi connectivity index (χ1n) is 0. The van der Waals surface area contributed by atoms with Gasteiger partial charge < -0.3 is 27.0 Å². The van der Waals surface area contributed by atoms with Gasteiger partial charge in [0.2, 0.25) is 0 Å². The SMILES string of the molecule is [S-2].[S-2].[Se+2].[Zn+2]. The van der Waals surface area contributed by atoms with Crippen LogP contribution in [0.2, 0.25) is 0 Å². The molecule has 0 bridgehead atoms. The zero-order valence-corrected chi connectivity index (χ0v) is 8.25. The molecule has 0 rings (SSSR count). The maximum Gasteiger partial charge on any atom is 2.00 e. The Morgan fingerprint density at radius 3 is 0.750 bits per heavy atom. The maximum atomic E-state index is 0. The van der Waals surface area contributed by atoms with Gasteiger partial charge in [-0.25, -0.2) is 0 Å². The van der Waals surface area contributed by atoms with Gasteiger partial charge in [0.1, 0.15) is 0 Å². The average Bonchev–Trinajstić information content (AvgIpc) is 0. The van der Waals surface area contributed by atoms with Crippen molar-refractivity contribution in [2.45, 2.75) is 0 Å². The van der Waals surface area contributed by atoms with Crippen molar-refractivity contribution >= 4 is 44.1 Å². The zero-order valence-electron chi connectivity index (χ0n) is 1.93. The summed E-state index contributed by atoms with van der Waals surface area (Å²) in [5, 5.41) is 0. The summed E-state index contributed by atoms with van der Waals surface area (Å²) in [5.41, 5.74) is 0. The summed E-state index contributed by atoms with van der Waals surface area (Å²) in [6.45, 7) is 0. The van der Waals surface area contributed by atoms with Crippen LogP contribution < -0.4 is 0 Å².